The zero-order valence-corrected chi connectivity index (χ0v) is 11.2. The van der Waals surface area contributed by atoms with E-state index in [0.29, 0.717) is 13.1 Å². The van der Waals surface area contributed by atoms with E-state index in [0.717, 1.165) is 16.9 Å². The van der Waals surface area contributed by atoms with E-state index in [-0.39, 0.29) is 5.82 Å². The predicted molar refractivity (Wildman–Crippen MR) is 75.5 cm³/mol. The fraction of sp³-hybridized carbons (Fsp3) is 0.267. The van der Waals surface area contributed by atoms with Crippen LogP contribution in [0.2, 0.25) is 0 Å². The first-order valence-electron chi connectivity index (χ1n) is 6.25. The molecule has 3 nitrogen and oxygen atoms in total. The molecule has 0 saturated heterocycles. The van der Waals surface area contributed by atoms with Crippen LogP contribution in [0, 0.1) is 5.82 Å². The van der Waals surface area contributed by atoms with Gasteiger partial charge in [0.1, 0.15) is 5.82 Å². The molecule has 100 valence electrons. The van der Waals surface area contributed by atoms with Gasteiger partial charge < -0.3 is 10.2 Å². The molecule has 4 heteroatoms. The molecule has 0 amide bonds. The maximum absolute atomic E-state index is 13.3. The van der Waals surface area contributed by atoms with Gasteiger partial charge in [-0.2, -0.15) is 0 Å². The van der Waals surface area contributed by atoms with Crippen molar-refractivity contribution < 1.29 is 4.39 Å². The van der Waals surface area contributed by atoms with Gasteiger partial charge in [0, 0.05) is 25.5 Å². The van der Waals surface area contributed by atoms with Crippen molar-refractivity contribution in [1.82, 2.24) is 10.3 Å². The Labute approximate surface area is 113 Å². The van der Waals surface area contributed by atoms with Crippen LogP contribution in [0.15, 0.2) is 42.6 Å². The lowest BCUT2D eigenvalue weighted by Crippen LogP contribution is -2.20. The van der Waals surface area contributed by atoms with E-state index in [9.17, 15) is 4.39 Å². The van der Waals surface area contributed by atoms with Crippen molar-refractivity contribution in [3.63, 3.8) is 0 Å². The summed E-state index contributed by atoms with van der Waals surface area (Å²) >= 11 is 0. The fourth-order valence-electron chi connectivity index (χ4n) is 2.08. The molecule has 2 aromatic rings. The molecule has 1 aromatic heterocycles. The van der Waals surface area contributed by atoms with Crippen molar-refractivity contribution in [2.75, 3.05) is 19.0 Å². The molecule has 0 bridgehead atoms. The number of benzene rings is 1. The molecule has 0 aliphatic carbocycles. The van der Waals surface area contributed by atoms with Gasteiger partial charge in [0.05, 0.1) is 12.2 Å². The third-order valence-corrected chi connectivity index (χ3v) is 2.95. The van der Waals surface area contributed by atoms with Crippen LogP contribution in [0.4, 0.5) is 10.1 Å². The molecule has 0 spiro atoms. The van der Waals surface area contributed by atoms with Crippen molar-refractivity contribution >= 4 is 5.69 Å². The maximum atomic E-state index is 13.3. The minimum absolute atomic E-state index is 0.208. The molecule has 2 rings (SSSR count). The van der Waals surface area contributed by atoms with Gasteiger partial charge in [0.15, 0.2) is 0 Å². The number of hydrogen-bond donors (Lipinski definition) is 1. The number of halogens is 1. The number of anilines is 1. The highest BCUT2D eigenvalue weighted by Gasteiger charge is 2.09. The van der Waals surface area contributed by atoms with Crippen molar-refractivity contribution in [3.8, 4) is 0 Å². The first-order chi connectivity index (χ1) is 9.20. The first kappa shape index (κ1) is 13.5. The first-order valence-corrected chi connectivity index (χ1v) is 6.25. The Balaban J connectivity index is 2.20. The summed E-state index contributed by atoms with van der Waals surface area (Å²) in [6.07, 6.45) is 1.78. The fourth-order valence-corrected chi connectivity index (χ4v) is 2.08. The summed E-state index contributed by atoms with van der Waals surface area (Å²) in [4.78, 5) is 6.38. The quantitative estimate of drug-likeness (QED) is 0.894. The minimum Gasteiger partial charge on any atom is -0.368 e. The Hall–Kier alpha value is -1.94. The molecule has 0 unspecified atom stereocenters. The summed E-state index contributed by atoms with van der Waals surface area (Å²) in [7, 11) is 3.84. The Morgan fingerprint density at radius 3 is 2.79 bits per heavy atom. The van der Waals surface area contributed by atoms with Crippen LogP contribution in [0.5, 0.6) is 0 Å². The lowest BCUT2D eigenvalue weighted by atomic mass is 10.1. The SMILES string of the molecule is CNCc1cc(F)ccc1N(C)Cc1ccccn1. The van der Waals surface area contributed by atoms with Gasteiger partial charge in [-0.3, -0.25) is 4.98 Å². The average molecular weight is 259 g/mol. The van der Waals surface area contributed by atoms with Crippen LogP contribution < -0.4 is 10.2 Å². The smallest absolute Gasteiger partial charge is 0.123 e. The Morgan fingerprint density at radius 2 is 2.11 bits per heavy atom. The number of nitrogens with zero attached hydrogens (tertiary/aromatic N) is 2. The normalized spacial score (nSPS) is 10.5. The van der Waals surface area contributed by atoms with E-state index in [1.807, 2.05) is 38.4 Å². The summed E-state index contributed by atoms with van der Waals surface area (Å²) in [6.45, 7) is 1.34. The molecule has 0 radical (unpaired) electrons. The van der Waals surface area contributed by atoms with Crippen molar-refractivity contribution in [3.05, 3.63) is 59.7 Å². The molecule has 0 saturated carbocycles. The predicted octanol–water partition coefficient (Wildman–Crippen LogP) is 2.58. The summed E-state index contributed by atoms with van der Waals surface area (Å²) in [5, 5.41) is 3.06. The van der Waals surface area contributed by atoms with Crippen LogP contribution >= 0.6 is 0 Å². The van der Waals surface area contributed by atoms with Crippen LogP contribution in [0.25, 0.3) is 0 Å². The third kappa shape index (κ3) is 3.51. The average Bonchev–Trinajstić information content (AvgIpc) is 2.40. The zero-order chi connectivity index (χ0) is 13.7. The number of hydrogen-bond acceptors (Lipinski definition) is 3. The van der Waals surface area contributed by atoms with Crippen molar-refractivity contribution in [2.45, 2.75) is 13.1 Å². The van der Waals surface area contributed by atoms with E-state index in [4.69, 9.17) is 0 Å². The molecule has 0 aliphatic heterocycles. The molecule has 19 heavy (non-hydrogen) atoms. The zero-order valence-electron chi connectivity index (χ0n) is 11.2. The van der Waals surface area contributed by atoms with Crippen molar-refractivity contribution in [1.29, 1.82) is 0 Å². The number of rotatable bonds is 5. The van der Waals surface area contributed by atoms with Gasteiger partial charge in [-0.15, -0.1) is 0 Å². The lowest BCUT2D eigenvalue weighted by Gasteiger charge is -2.22. The van der Waals surface area contributed by atoms with Gasteiger partial charge in [-0.25, -0.2) is 4.39 Å². The number of pyridine rings is 1. The van der Waals surface area contributed by atoms with Crippen LogP contribution in [-0.2, 0) is 13.1 Å². The van der Waals surface area contributed by atoms with Gasteiger partial charge >= 0.3 is 0 Å². The highest BCUT2D eigenvalue weighted by atomic mass is 19.1. The van der Waals surface area contributed by atoms with Gasteiger partial charge in [-0.1, -0.05) is 6.07 Å². The van der Waals surface area contributed by atoms with E-state index >= 15 is 0 Å². The summed E-state index contributed by atoms with van der Waals surface area (Å²) < 4.78 is 13.3. The second-order valence-corrected chi connectivity index (χ2v) is 4.48. The van der Waals surface area contributed by atoms with Crippen LogP contribution in [-0.4, -0.2) is 19.1 Å². The van der Waals surface area contributed by atoms with E-state index in [1.165, 1.54) is 6.07 Å². The summed E-state index contributed by atoms with van der Waals surface area (Å²) in [6, 6.07) is 10.7. The molecular weight excluding hydrogens is 241 g/mol. The van der Waals surface area contributed by atoms with E-state index in [2.05, 4.69) is 15.2 Å². The summed E-state index contributed by atoms with van der Waals surface area (Å²) in [5.41, 5.74) is 2.95. The second kappa shape index (κ2) is 6.29. The second-order valence-electron chi connectivity index (χ2n) is 4.48. The highest BCUT2D eigenvalue weighted by Crippen LogP contribution is 2.22. The van der Waals surface area contributed by atoms with Gasteiger partial charge in [0.25, 0.3) is 0 Å². The molecule has 1 aromatic carbocycles. The molecule has 0 atom stereocenters. The molecular formula is C15H18FN3. The molecule has 1 N–H and O–H groups in total. The highest BCUT2D eigenvalue weighted by molar-refractivity contribution is 5.53. The van der Waals surface area contributed by atoms with Crippen LogP contribution in [0.1, 0.15) is 11.3 Å². The summed E-state index contributed by atoms with van der Waals surface area (Å²) in [5.74, 6) is -0.208. The topological polar surface area (TPSA) is 28.2 Å². The Kier molecular flexibility index (Phi) is 4.47. The lowest BCUT2D eigenvalue weighted by molar-refractivity contribution is 0.623. The van der Waals surface area contributed by atoms with E-state index in [1.54, 1.807) is 12.3 Å². The van der Waals surface area contributed by atoms with Gasteiger partial charge in [0.2, 0.25) is 0 Å². The number of nitrogens with one attached hydrogen (secondary N) is 1. The number of aromatic nitrogens is 1. The minimum atomic E-state index is -0.208. The Morgan fingerprint density at radius 1 is 1.26 bits per heavy atom. The van der Waals surface area contributed by atoms with Crippen LogP contribution in [0.3, 0.4) is 0 Å². The van der Waals surface area contributed by atoms with Gasteiger partial charge in [-0.05, 0) is 42.9 Å². The molecule has 0 fully saturated rings. The Bertz CT molecular complexity index is 528. The maximum Gasteiger partial charge on any atom is 0.123 e. The molecule has 0 aliphatic rings. The largest absolute Gasteiger partial charge is 0.368 e. The monoisotopic (exact) mass is 259 g/mol. The van der Waals surface area contributed by atoms with E-state index < -0.39 is 0 Å². The molecule has 1 heterocycles. The third-order valence-electron chi connectivity index (χ3n) is 2.95. The van der Waals surface area contributed by atoms with Crippen molar-refractivity contribution in [2.24, 2.45) is 0 Å². The standard InChI is InChI=1S/C15H18FN3/c1-17-10-12-9-13(16)6-7-15(12)19(2)11-14-5-3-4-8-18-14/h3-9,17H,10-11H2,1-2H3.